The predicted octanol–water partition coefficient (Wildman–Crippen LogP) is 4.91. The van der Waals surface area contributed by atoms with Crippen LogP contribution in [0, 0.1) is 0 Å². The Kier molecular flexibility index (Phi) is 8.50. The van der Waals surface area contributed by atoms with E-state index in [2.05, 4.69) is 36.5 Å². The van der Waals surface area contributed by atoms with Crippen LogP contribution in [0.15, 0.2) is 60.7 Å². The van der Waals surface area contributed by atoms with Gasteiger partial charge < -0.3 is 10.1 Å². The molecule has 0 aliphatic rings. The van der Waals surface area contributed by atoms with Crippen molar-refractivity contribution in [1.29, 1.82) is 0 Å². The molecule has 0 heterocycles. The molecule has 24 heavy (non-hydrogen) atoms. The summed E-state index contributed by atoms with van der Waals surface area (Å²) in [5, 5.41) is 3.35. The van der Waals surface area contributed by atoms with E-state index in [-0.39, 0.29) is 19.2 Å². The molecule has 2 nitrogen and oxygen atoms in total. The largest absolute Gasteiger partial charge is 0.378 e. The van der Waals surface area contributed by atoms with Crippen LogP contribution in [0.3, 0.4) is 0 Å². The summed E-state index contributed by atoms with van der Waals surface area (Å²) in [5.41, 5.74) is 2.28. The molecule has 0 bridgehead atoms. The molecule has 0 aliphatic carbocycles. The molecule has 0 aromatic heterocycles. The lowest BCUT2D eigenvalue weighted by Gasteiger charge is -2.21. The van der Waals surface area contributed by atoms with E-state index in [9.17, 15) is 4.39 Å². The van der Waals surface area contributed by atoms with Crippen LogP contribution in [0.4, 0.5) is 4.39 Å². The zero-order valence-electron chi connectivity index (χ0n) is 14.5. The van der Waals surface area contributed by atoms with Crippen molar-refractivity contribution in [2.45, 2.75) is 38.4 Å². The molecule has 2 rings (SSSR count). The molecule has 1 unspecified atom stereocenters. The van der Waals surface area contributed by atoms with Crippen molar-refractivity contribution in [3.05, 3.63) is 71.8 Å². The zero-order valence-corrected chi connectivity index (χ0v) is 14.5. The van der Waals surface area contributed by atoms with Crippen LogP contribution in [0.5, 0.6) is 0 Å². The first-order valence-electron chi connectivity index (χ1n) is 8.86. The Morgan fingerprint density at radius 3 is 2.04 bits per heavy atom. The van der Waals surface area contributed by atoms with Crippen LogP contribution < -0.4 is 5.32 Å². The van der Waals surface area contributed by atoms with E-state index in [1.165, 1.54) is 0 Å². The lowest BCUT2D eigenvalue weighted by Crippen LogP contribution is -2.31. The molecule has 0 aliphatic heterocycles. The number of hydrogen-bond donors (Lipinski definition) is 1. The van der Waals surface area contributed by atoms with Crippen molar-refractivity contribution in [3.8, 4) is 0 Å². The van der Waals surface area contributed by atoms with E-state index in [1.807, 2.05) is 36.4 Å². The highest BCUT2D eigenvalue weighted by Crippen LogP contribution is 2.21. The van der Waals surface area contributed by atoms with Crippen molar-refractivity contribution >= 4 is 0 Å². The molecule has 0 saturated carbocycles. The Labute approximate surface area is 145 Å². The number of hydrogen-bond acceptors (Lipinski definition) is 2. The monoisotopic (exact) mass is 329 g/mol. The maximum Gasteiger partial charge on any atom is 0.136 e. The third-order valence-electron chi connectivity index (χ3n) is 4.00. The van der Waals surface area contributed by atoms with Crippen molar-refractivity contribution in [3.63, 3.8) is 0 Å². The van der Waals surface area contributed by atoms with Crippen molar-refractivity contribution in [2.24, 2.45) is 0 Å². The molecule has 1 atom stereocenters. The molecule has 1 N–H and O–H groups in total. The van der Waals surface area contributed by atoms with Crippen LogP contribution in [-0.4, -0.2) is 25.9 Å². The summed E-state index contributed by atoms with van der Waals surface area (Å²) in [5.74, 6) is 0. The van der Waals surface area contributed by atoms with Gasteiger partial charge in [0.05, 0.1) is 12.6 Å². The molecule has 3 heteroatoms. The first-order valence-corrected chi connectivity index (χ1v) is 8.86. The van der Waals surface area contributed by atoms with Gasteiger partial charge in [0.1, 0.15) is 6.17 Å². The summed E-state index contributed by atoms with van der Waals surface area (Å²) < 4.78 is 19.5. The fourth-order valence-electron chi connectivity index (χ4n) is 2.69. The second-order valence-corrected chi connectivity index (χ2v) is 6.04. The predicted molar refractivity (Wildman–Crippen MR) is 98.0 cm³/mol. The molecule has 0 saturated heterocycles. The number of rotatable bonds is 11. The van der Waals surface area contributed by atoms with E-state index in [0.717, 1.165) is 30.4 Å². The quantitative estimate of drug-likeness (QED) is 0.591. The summed E-state index contributed by atoms with van der Waals surface area (Å²) >= 11 is 0. The number of unbranched alkanes of at least 4 members (excludes halogenated alkanes) is 2. The Bertz CT molecular complexity index is 507. The summed E-state index contributed by atoms with van der Waals surface area (Å²) in [6.45, 7) is 3.24. The number of nitrogens with one attached hydrogen (secondary N) is 1. The molecule has 0 radical (unpaired) electrons. The van der Waals surface area contributed by atoms with E-state index in [4.69, 9.17) is 4.74 Å². The van der Waals surface area contributed by atoms with Gasteiger partial charge in [-0.1, -0.05) is 80.4 Å². The molecule has 0 fully saturated rings. The second-order valence-electron chi connectivity index (χ2n) is 6.04. The van der Waals surface area contributed by atoms with Gasteiger partial charge in [-0.3, -0.25) is 0 Å². The molecular formula is C21H28FNO. The average Bonchev–Trinajstić information content (AvgIpc) is 2.63. The Morgan fingerprint density at radius 1 is 0.917 bits per heavy atom. The van der Waals surface area contributed by atoms with Crippen LogP contribution in [-0.2, 0) is 4.74 Å². The van der Waals surface area contributed by atoms with Crippen LogP contribution >= 0.6 is 0 Å². The summed E-state index contributed by atoms with van der Waals surface area (Å²) in [4.78, 5) is 0. The second kappa shape index (κ2) is 11.0. The van der Waals surface area contributed by atoms with Crippen molar-refractivity contribution < 1.29 is 9.13 Å². The summed E-state index contributed by atoms with van der Waals surface area (Å²) in [6.07, 6.45) is 2.30. The minimum absolute atomic E-state index is 0.00857. The molecular weight excluding hydrogens is 301 g/mol. The van der Waals surface area contributed by atoms with Gasteiger partial charge in [0.15, 0.2) is 0 Å². The van der Waals surface area contributed by atoms with Gasteiger partial charge in [-0.05, 0) is 17.5 Å². The van der Waals surface area contributed by atoms with Gasteiger partial charge in [0.2, 0.25) is 0 Å². The number of halogens is 1. The van der Waals surface area contributed by atoms with Crippen LogP contribution in [0.25, 0.3) is 0 Å². The lowest BCUT2D eigenvalue weighted by molar-refractivity contribution is 0.0772. The number of ether oxygens (including phenoxy) is 1. The normalized spacial score (nSPS) is 12.5. The molecule has 2 aromatic rings. The fraction of sp³-hybridized carbons (Fsp3) is 0.429. The van der Waals surface area contributed by atoms with Gasteiger partial charge in [-0.25, -0.2) is 4.39 Å². The minimum Gasteiger partial charge on any atom is -0.378 e. The van der Waals surface area contributed by atoms with Crippen LogP contribution in [0.2, 0.25) is 0 Å². The van der Waals surface area contributed by atoms with Gasteiger partial charge in [-0.15, -0.1) is 0 Å². The topological polar surface area (TPSA) is 21.3 Å². The first kappa shape index (κ1) is 18.6. The van der Waals surface area contributed by atoms with Crippen molar-refractivity contribution in [2.75, 3.05) is 19.8 Å². The van der Waals surface area contributed by atoms with Crippen LogP contribution in [0.1, 0.15) is 43.4 Å². The Morgan fingerprint density at radius 2 is 1.50 bits per heavy atom. The number of benzene rings is 2. The maximum atomic E-state index is 14.1. The highest BCUT2D eigenvalue weighted by atomic mass is 19.1. The van der Waals surface area contributed by atoms with Gasteiger partial charge >= 0.3 is 0 Å². The van der Waals surface area contributed by atoms with Crippen molar-refractivity contribution in [1.82, 2.24) is 5.32 Å². The smallest absolute Gasteiger partial charge is 0.136 e. The third-order valence-corrected chi connectivity index (χ3v) is 4.00. The highest BCUT2D eigenvalue weighted by molar-refractivity contribution is 5.31. The standard InChI is InChI=1S/C21H28FNO/c1-2-3-10-15-24-17-20(22)16-23-21(18-11-6-4-7-12-18)19-13-8-5-9-14-19/h4-9,11-14,20-21,23H,2-3,10,15-17H2,1H3. The average molecular weight is 329 g/mol. The maximum absolute atomic E-state index is 14.1. The van der Waals surface area contributed by atoms with E-state index in [1.54, 1.807) is 0 Å². The van der Waals surface area contributed by atoms with E-state index >= 15 is 0 Å². The molecule has 2 aromatic carbocycles. The van der Waals surface area contributed by atoms with Gasteiger partial charge in [-0.2, -0.15) is 0 Å². The first-order chi connectivity index (χ1) is 11.8. The number of alkyl halides is 1. The summed E-state index contributed by atoms with van der Waals surface area (Å²) in [7, 11) is 0. The fourth-order valence-corrected chi connectivity index (χ4v) is 2.69. The van der Waals surface area contributed by atoms with Gasteiger partial charge in [0.25, 0.3) is 0 Å². The molecule has 130 valence electrons. The minimum atomic E-state index is -0.999. The zero-order chi connectivity index (χ0) is 17.0. The Hall–Kier alpha value is -1.71. The Balaban J connectivity index is 1.88. The third kappa shape index (κ3) is 6.42. The molecule has 0 amide bonds. The molecule has 0 spiro atoms. The highest BCUT2D eigenvalue weighted by Gasteiger charge is 2.15. The van der Waals surface area contributed by atoms with Gasteiger partial charge in [0, 0.05) is 13.2 Å². The summed E-state index contributed by atoms with van der Waals surface area (Å²) in [6, 6.07) is 20.3. The van der Waals surface area contributed by atoms with E-state index < -0.39 is 6.17 Å². The van der Waals surface area contributed by atoms with E-state index in [0.29, 0.717) is 6.61 Å². The SMILES string of the molecule is CCCCCOCC(F)CNC(c1ccccc1)c1ccccc1. The lowest BCUT2D eigenvalue weighted by atomic mass is 9.98.